The monoisotopic (exact) mass is 378 g/mol. The Morgan fingerprint density at radius 1 is 1.07 bits per heavy atom. The van der Waals surface area contributed by atoms with Crippen LogP contribution in [0.5, 0.6) is 11.5 Å². The molecule has 1 aromatic rings. The van der Waals surface area contributed by atoms with Gasteiger partial charge in [0, 0.05) is 6.04 Å². The minimum Gasteiger partial charge on any atom is -0.494 e. The summed E-state index contributed by atoms with van der Waals surface area (Å²) in [4.78, 5) is 35.5. The molecule has 0 unspecified atom stereocenters. The molecule has 8 nitrogen and oxygen atoms in total. The highest BCUT2D eigenvalue weighted by Crippen LogP contribution is 2.18. The third kappa shape index (κ3) is 7.16. The lowest BCUT2D eigenvalue weighted by Crippen LogP contribution is -2.47. The smallest absolute Gasteiger partial charge is 0.344 e. The average Bonchev–Trinajstić information content (AvgIpc) is 3.14. The predicted molar refractivity (Wildman–Crippen MR) is 97.6 cm³/mol. The number of carbonyl (C=O) groups is 3. The molecule has 3 amide bonds. The van der Waals surface area contributed by atoms with Crippen molar-refractivity contribution in [2.45, 2.75) is 51.7 Å². The lowest BCUT2D eigenvalue weighted by molar-refractivity contribution is -0.156. The number of hydrogen-bond donors (Lipinski definition) is 2. The van der Waals surface area contributed by atoms with E-state index >= 15 is 0 Å². The number of urea groups is 1. The standard InChI is InChI=1S/C19H26N2O6/c1-3-25-15-8-10-16(11-9-15)26-12-17(22)27-13(2)18(23)21-19(24)20-14-6-4-5-7-14/h8-11,13-14H,3-7,12H2,1-2H3,(H2,20,21,23,24)/t13-/m0/s1. The van der Waals surface area contributed by atoms with Crippen LogP contribution in [0, 0.1) is 0 Å². The van der Waals surface area contributed by atoms with Crippen LogP contribution < -0.4 is 20.1 Å². The van der Waals surface area contributed by atoms with Gasteiger partial charge in [0.2, 0.25) is 0 Å². The van der Waals surface area contributed by atoms with Gasteiger partial charge in [-0.3, -0.25) is 10.1 Å². The first kappa shape index (κ1) is 20.5. The second-order valence-corrected chi connectivity index (χ2v) is 6.27. The van der Waals surface area contributed by atoms with E-state index in [0.717, 1.165) is 25.7 Å². The van der Waals surface area contributed by atoms with Gasteiger partial charge in [-0.25, -0.2) is 9.59 Å². The maximum atomic E-state index is 11.9. The van der Waals surface area contributed by atoms with Crippen LogP contribution in [0.15, 0.2) is 24.3 Å². The highest BCUT2D eigenvalue weighted by molar-refractivity contribution is 5.97. The van der Waals surface area contributed by atoms with Crippen molar-refractivity contribution in [3.8, 4) is 11.5 Å². The van der Waals surface area contributed by atoms with Gasteiger partial charge in [-0.2, -0.15) is 0 Å². The average molecular weight is 378 g/mol. The van der Waals surface area contributed by atoms with Crippen molar-refractivity contribution in [1.29, 1.82) is 0 Å². The molecule has 2 rings (SSSR count). The summed E-state index contributed by atoms with van der Waals surface area (Å²) < 4.78 is 15.6. The summed E-state index contributed by atoms with van der Waals surface area (Å²) in [5, 5.41) is 4.91. The molecule has 1 aliphatic rings. The number of carbonyl (C=O) groups excluding carboxylic acids is 3. The summed E-state index contributed by atoms with van der Waals surface area (Å²) in [6.45, 7) is 3.49. The fraction of sp³-hybridized carbons (Fsp3) is 0.526. The van der Waals surface area contributed by atoms with E-state index in [1.165, 1.54) is 6.92 Å². The molecule has 0 aromatic heterocycles. The van der Waals surface area contributed by atoms with Crippen LogP contribution in [-0.2, 0) is 14.3 Å². The molecule has 1 aliphatic carbocycles. The van der Waals surface area contributed by atoms with E-state index in [1.54, 1.807) is 24.3 Å². The van der Waals surface area contributed by atoms with Crippen molar-refractivity contribution < 1.29 is 28.6 Å². The lowest BCUT2D eigenvalue weighted by atomic mass is 10.2. The summed E-state index contributed by atoms with van der Waals surface area (Å²) in [5.74, 6) is -0.209. The van der Waals surface area contributed by atoms with Gasteiger partial charge in [0.15, 0.2) is 12.7 Å². The van der Waals surface area contributed by atoms with Crippen molar-refractivity contribution in [2.24, 2.45) is 0 Å². The Morgan fingerprint density at radius 3 is 2.26 bits per heavy atom. The zero-order valence-corrected chi connectivity index (χ0v) is 15.7. The molecule has 2 N–H and O–H groups in total. The van der Waals surface area contributed by atoms with Crippen molar-refractivity contribution in [2.75, 3.05) is 13.2 Å². The molecule has 0 bridgehead atoms. The largest absolute Gasteiger partial charge is 0.494 e. The maximum absolute atomic E-state index is 11.9. The van der Waals surface area contributed by atoms with Gasteiger partial charge in [0.1, 0.15) is 11.5 Å². The number of rotatable bonds is 8. The number of imide groups is 1. The van der Waals surface area contributed by atoms with E-state index in [9.17, 15) is 14.4 Å². The summed E-state index contributed by atoms with van der Waals surface area (Å²) in [5.41, 5.74) is 0. The molecule has 1 atom stereocenters. The zero-order chi connectivity index (χ0) is 19.6. The van der Waals surface area contributed by atoms with E-state index in [4.69, 9.17) is 14.2 Å². The van der Waals surface area contributed by atoms with E-state index in [2.05, 4.69) is 10.6 Å². The Bertz CT molecular complexity index is 640. The second kappa shape index (κ2) is 10.4. The van der Waals surface area contributed by atoms with Crippen LogP contribution in [0.25, 0.3) is 0 Å². The zero-order valence-electron chi connectivity index (χ0n) is 15.7. The van der Waals surface area contributed by atoms with Gasteiger partial charge in [-0.15, -0.1) is 0 Å². The number of nitrogens with one attached hydrogen (secondary N) is 2. The molecule has 0 radical (unpaired) electrons. The first-order valence-corrected chi connectivity index (χ1v) is 9.14. The van der Waals surface area contributed by atoms with Gasteiger partial charge >= 0.3 is 12.0 Å². The fourth-order valence-electron chi connectivity index (χ4n) is 2.73. The summed E-state index contributed by atoms with van der Waals surface area (Å²) in [6, 6.07) is 6.31. The maximum Gasteiger partial charge on any atom is 0.344 e. The normalized spacial score (nSPS) is 14.9. The highest BCUT2D eigenvalue weighted by atomic mass is 16.6. The Kier molecular flexibility index (Phi) is 7.91. The number of ether oxygens (including phenoxy) is 3. The molecule has 1 fully saturated rings. The number of benzene rings is 1. The third-order valence-corrected chi connectivity index (χ3v) is 4.10. The summed E-state index contributed by atoms with van der Waals surface area (Å²) >= 11 is 0. The minimum absolute atomic E-state index is 0.0955. The predicted octanol–water partition coefficient (Wildman–Crippen LogP) is 2.16. The molecular weight excluding hydrogens is 352 g/mol. The van der Waals surface area contributed by atoms with Crippen molar-refractivity contribution in [1.82, 2.24) is 10.6 Å². The van der Waals surface area contributed by atoms with Gasteiger partial charge in [-0.1, -0.05) is 12.8 Å². The molecule has 1 saturated carbocycles. The highest BCUT2D eigenvalue weighted by Gasteiger charge is 2.22. The Morgan fingerprint density at radius 2 is 1.67 bits per heavy atom. The Labute approximate surface area is 158 Å². The molecule has 148 valence electrons. The molecule has 1 aromatic carbocycles. The van der Waals surface area contributed by atoms with Crippen LogP contribution in [0.4, 0.5) is 4.79 Å². The van der Waals surface area contributed by atoms with Crippen LogP contribution in [0.2, 0.25) is 0 Å². The molecular formula is C19H26N2O6. The first-order chi connectivity index (χ1) is 13.0. The first-order valence-electron chi connectivity index (χ1n) is 9.14. The van der Waals surface area contributed by atoms with Crippen molar-refractivity contribution >= 4 is 17.9 Å². The van der Waals surface area contributed by atoms with Crippen molar-refractivity contribution in [3.63, 3.8) is 0 Å². The lowest BCUT2D eigenvalue weighted by Gasteiger charge is -2.15. The molecule has 8 heteroatoms. The Hall–Kier alpha value is -2.77. The van der Waals surface area contributed by atoms with E-state index in [0.29, 0.717) is 18.1 Å². The van der Waals surface area contributed by atoms with Crippen molar-refractivity contribution in [3.05, 3.63) is 24.3 Å². The van der Waals surface area contributed by atoms with Gasteiger partial charge in [-0.05, 0) is 51.0 Å². The van der Waals surface area contributed by atoms with Gasteiger partial charge in [0.05, 0.1) is 6.61 Å². The SMILES string of the molecule is CCOc1ccc(OCC(=O)O[C@@H](C)C(=O)NC(=O)NC2CCCC2)cc1. The van der Waals surface area contributed by atoms with Crippen LogP contribution >= 0.6 is 0 Å². The Balaban J connectivity index is 1.68. The molecule has 0 heterocycles. The van der Waals surface area contributed by atoms with E-state index in [1.807, 2.05) is 6.92 Å². The second-order valence-electron chi connectivity index (χ2n) is 6.27. The number of amides is 3. The summed E-state index contributed by atoms with van der Waals surface area (Å²) in [7, 11) is 0. The summed E-state index contributed by atoms with van der Waals surface area (Å²) in [6.07, 6.45) is 2.86. The molecule has 0 saturated heterocycles. The molecule has 0 aliphatic heterocycles. The van der Waals surface area contributed by atoms with Crippen LogP contribution in [-0.4, -0.2) is 43.3 Å². The number of hydrogen-bond acceptors (Lipinski definition) is 6. The molecule has 27 heavy (non-hydrogen) atoms. The molecule has 0 spiro atoms. The van der Waals surface area contributed by atoms with Gasteiger partial charge in [0.25, 0.3) is 5.91 Å². The number of esters is 1. The van der Waals surface area contributed by atoms with Crippen LogP contribution in [0.1, 0.15) is 39.5 Å². The third-order valence-electron chi connectivity index (χ3n) is 4.10. The van der Waals surface area contributed by atoms with E-state index in [-0.39, 0.29) is 12.6 Å². The quantitative estimate of drug-likeness (QED) is 0.672. The minimum atomic E-state index is -1.10. The van der Waals surface area contributed by atoms with Crippen LogP contribution in [0.3, 0.4) is 0 Å². The topological polar surface area (TPSA) is 103 Å². The fourth-order valence-corrected chi connectivity index (χ4v) is 2.73. The van der Waals surface area contributed by atoms with E-state index < -0.39 is 24.0 Å². The van der Waals surface area contributed by atoms with Gasteiger partial charge < -0.3 is 19.5 Å².